The average Bonchev–Trinajstić information content (AvgIpc) is 3.07. The lowest BCUT2D eigenvalue weighted by atomic mass is 9.84. The van der Waals surface area contributed by atoms with E-state index in [1.807, 2.05) is 43.3 Å². The molecule has 0 aliphatic carbocycles. The Labute approximate surface area is 292 Å². The summed E-state index contributed by atoms with van der Waals surface area (Å²) in [6.45, 7) is 17.9. The summed E-state index contributed by atoms with van der Waals surface area (Å²) in [7, 11) is 1.67. The Bertz CT molecular complexity index is 1490. The smallest absolute Gasteiger partial charge is 0.318 e. The molecule has 0 saturated carbocycles. The van der Waals surface area contributed by atoms with Gasteiger partial charge in [0.2, 0.25) is 0 Å². The van der Waals surface area contributed by atoms with Crippen molar-refractivity contribution >= 4 is 16.7 Å². The first kappa shape index (κ1) is 37.8. The van der Waals surface area contributed by atoms with Gasteiger partial charge in [0.25, 0.3) is 0 Å². The number of unbranched alkanes of at least 4 members (excludes halogenated alkanes) is 1. The van der Waals surface area contributed by atoms with Crippen molar-refractivity contribution in [1.29, 1.82) is 0 Å². The fourth-order valence-electron chi connectivity index (χ4n) is 7.43. The van der Waals surface area contributed by atoms with E-state index >= 15 is 0 Å². The van der Waals surface area contributed by atoms with Crippen LogP contribution in [0.1, 0.15) is 147 Å². The number of methoxy groups -OCH3 is 1. The van der Waals surface area contributed by atoms with E-state index in [1.54, 1.807) is 7.11 Å². The highest BCUT2D eigenvalue weighted by molar-refractivity contribution is 5.87. The largest absolute Gasteiger partial charge is 0.497 e. The van der Waals surface area contributed by atoms with Crippen molar-refractivity contribution in [2.24, 2.45) is 17.8 Å². The molecule has 0 amide bonds. The normalized spacial score (nSPS) is 18.4. The van der Waals surface area contributed by atoms with Crippen LogP contribution in [0.4, 0.5) is 0 Å². The first-order valence-electron chi connectivity index (χ1n) is 19.0. The molecule has 1 heterocycles. The lowest BCUT2D eigenvalue weighted by molar-refractivity contribution is -0.135. The van der Waals surface area contributed by atoms with Crippen LogP contribution < -0.4 is 14.2 Å². The molecule has 0 saturated heterocycles. The zero-order valence-electron chi connectivity index (χ0n) is 31.7. The summed E-state index contributed by atoms with van der Waals surface area (Å²) in [6.07, 6.45) is 16.4. The van der Waals surface area contributed by atoms with E-state index in [4.69, 9.17) is 14.2 Å². The molecule has 4 rings (SSSR count). The van der Waals surface area contributed by atoms with Gasteiger partial charge in [-0.15, -0.1) is 0 Å². The van der Waals surface area contributed by atoms with Gasteiger partial charge in [-0.25, -0.2) is 0 Å². The molecule has 48 heavy (non-hydrogen) atoms. The van der Waals surface area contributed by atoms with Gasteiger partial charge in [-0.05, 0) is 117 Å². The summed E-state index contributed by atoms with van der Waals surface area (Å²) < 4.78 is 18.2. The second-order valence-corrected chi connectivity index (χ2v) is 15.6. The van der Waals surface area contributed by atoms with Gasteiger partial charge in [0.05, 0.1) is 13.0 Å². The van der Waals surface area contributed by atoms with Crippen molar-refractivity contribution in [2.75, 3.05) is 7.11 Å². The number of fused-ring (bicyclic) bond motifs is 2. The molecular weight excluding hydrogens is 592 g/mol. The third kappa shape index (κ3) is 10.3. The van der Waals surface area contributed by atoms with Gasteiger partial charge in [-0.2, -0.15) is 0 Å². The molecule has 4 nitrogen and oxygen atoms in total. The molecule has 4 heteroatoms. The molecule has 0 spiro atoms. The van der Waals surface area contributed by atoms with Crippen LogP contribution in [0.2, 0.25) is 0 Å². The lowest BCUT2D eigenvalue weighted by Gasteiger charge is -2.38. The number of carbonyl (C=O) groups excluding carboxylic acids is 1. The standard InChI is InChI=1S/C44H64O4/c1-10-30(2)17-13-18-31(3)15-11-12-16-32(4)19-14-25-44(8)26-24-40-35(7)41(27-33(5)42(40)48-44)47-43(45)34(6)36-20-21-38-29-39(46-9)23-22-37(38)28-36/h20-23,27-32,34H,10-19,24-26H2,1-9H3. The molecule has 1 aliphatic heterocycles. The topological polar surface area (TPSA) is 44.8 Å². The zero-order valence-corrected chi connectivity index (χ0v) is 31.7. The fourth-order valence-corrected chi connectivity index (χ4v) is 7.43. The summed E-state index contributed by atoms with van der Waals surface area (Å²) in [5.41, 5.74) is 4.03. The maximum absolute atomic E-state index is 13.4. The van der Waals surface area contributed by atoms with Crippen molar-refractivity contribution in [3.05, 3.63) is 64.7 Å². The number of esters is 1. The Morgan fingerprint density at radius 1 is 0.833 bits per heavy atom. The molecule has 3 aromatic rings. The molecule has 0 aromatic heterocycles. The number of rotatable bonds is 18. The number of hydrogen-bond acceptors (Lipinski definition) is 4. The number of hydrogen-bond donors (Lipinski definition) is 0. The van der Waals surface area contributed by atoms with E-state index in [1.165, 1.54) is 69.8 Å². The minimum absolute atomic E-state index is 0.151. The van der Waals surface area contributed by atoms with E-state index in [9.17, 15) is 4.79 Å². The number of aryl methyl sites for hydroxylation is 1. The van der Waals surface area contributed by atoms with Crippen molar-refractivity contribution < 1.29 is 19.0 Å². The van der Waals surface area contributed by atoms with Crippen molar-refractivity contribution in [3.63, 3.8) is 0 Å². The van der Waals surface area contributed by atoms with E-state index in [0.29, 0.717) is 5.75 Å². The monoisotopic (exact) mass is 656 g/mol. The number of carbonyl (C=O) groups is 1. The van der Waals surface area contributed by atoms with Gasteiger partial charge in [0.1, 0.15) is 22.8 Å². The summed E-state index contributed by atoms with van der Waals surface area (Å²) in [6, 6.07) is 14.1. The number of benzene rings is 3. The highest BCUT2D eigenvalue weighted by atomic mass is 16.5. The lowest BCUT2D eigenvalue weighted by Crippen LogP contribution is -2.37. The van der Waals surface area contributed by atoms with Crippen LogP contribution in [0.15, 0.2) is 42.5 Å². The Hall–Kier alpha value is -3.01. The van der Waals surface area contributed by atoms with E-state index in [-0.39, 0.29) is 17.5 Å². The molecule has 0 fully saturated rings. The van der Waals surface area contributed by atoms with E-state index in [0.717, 1.165) is 76.0 Å². The van der Waals surface area contributed by atoms with Gasteiger partial charge in [-0.1, -0.05) is 110 Å². The Morgan fingerprint density at radius 3 is 2.15 bits per heavy atom. The van der Waals surface area contributed by atoms with E-state index in [2.05, 4.69) is 54.5 Å². The molecule has 1 aliphatic rings. The van der Waals surface area contributed by atoms with Crippen molar-refractivity contribution in [1.82, 2.24) is 0 Å². The maximum Gasteiger partial charge on any atom is 0.318 e. The van der Waals surface area contributed by atoms with Gasteiger partial charge in [0.15, 0.2) is 0 Å². The van der Waals surface area contributed by atoms with Crippen LogP contribution in [0.3, 0.4) is 0 Å². The predicted octanol–water partition coefficient (Wildman–Crippen LogP) is 12.5. The predicted molar refractivity (Wildman–Crippen MR) is 202 cm³/mol. The van der Waals surface area contributed by atoms with Crippen LogP contribution in [0.25, 0.3) is 10.8 Å². The van der Waals surface area contributed by atoms with Crippen LogP contribution >= 0.6 is 0 Å². The third-order valence-electron chi connectivity index (χ3n) is 11.3. The molecule has 0 N–H and O–H groups in total. The molecular formula is C44H64O4. The summed E-state index contributed by atoms with van der Waals surface area (Å²) in [5.74, 6) is 4.36. The second-order valence-electron chi connectivity index (χ2n) is 15.6. The van der Waals surface area contributed by atoms with Crippen LogP contribution in [0, 0.1) is 31.6 Å². The molecule has 5 unspecified atom stereocenters. The van der Waals surface area contributed by atoms with E-state index < -0.39 is 0 Å². The Morgan fingerprint density at radius 2 is 1.46 bits per heavy atom. The van der Waals surface area contributed by atoms with Crippen LogP contribution in [0.5, 0.6) is 17.2 Å². The van der Waals surface area contributed by atoms with Crippen molar-refractivity contribution in [3.8, 4) is 17.2 Å². The zero-order chi connectivity index (χ0) is 34.8. The van der Waals surface area contributed by atoms with Gasteiger partial charge in [0, 0.05) is 5.56 Å². The van der Waals surface area contributed by atoms with Gasteiger partial charge < -0.3 is 14.2 Å². The number of ether oxygens (including phenoxy) is 3. The summed E-state index contributed by atoms with van der Waals surface area (Å²) in [4.78, 5) is 13.4. The first-order chi connectivity index (χ1) is 22.9. The minimum atomic E-state index is -0.387. The molecule has 0 radical (unpaired) electrons. The highest BCUT2D eigenvalue weighted by Crippen LogP contribution is 2.43. The molecule has 264 valence electrons. The SMILES string of the molecule is CCC(C)CCCC(C)CCCCC(C)CCCC1(C)CCc2c(C)c(OC(=O)C(C)c3ccc4cc(OC)ccc4c3)cc(C)c2O1. The first-order valence-corrected chi connectivity index (χ1v) is 19.0. The summed E-state index contributed by atoms with van der Waals surface area (Å²) >= 11 is 0. The Balaban J connectivity index is 1.25. The molecule has 5 atom stereocenters. The highest BCUT2D eigenvalue weighted by Gasteiger charge is 2.34. The second kappa shape index (κ2) is 17.6. The van der Waals surface area contributed by atoms with Gasteiger partial charge in [-0.3, -0.25) is 4.79 Å². The Kier molecular flexibility index (Phi) is 13.9. The van der Waals surface area contributed by atoms with Crippen LogP contribution in [-0.2, 0) is 11.2 Å². The minimum Gasteiger partial charge on any atom is -0.497 e. The average molecular weight is 657 g/mol. The summed E-state index contributed by atoms with van der Waals surface area (Å²) in [5, 5.41) is 2.16. The van der Waals surface area contributed by atoms with Gasteiger partial charge >= 0.3 is 5.97 Å². The van der Waals surface area contributed by atoms with Crippen LogP contribution in [-0.4, -0.2) is 18.7 Å². The molecule has 3 aromatic carbocycles. The third-order valence-corrected chi connectivity index (χ3v) is 11.3. The molecule has 0 bridgehead atoms. The van der Waals surface area contributed by atoms with Crippen molar-refractivity contribution in [2.45, 2.75) is 150 Å². The quantitative estimate of drug-likeness (QED) is 0.0776. The fraction of sp³-hybridized carbons (Fsp3) is 0.614. The maximum atomic E-state index is 13.4.